The molecule has 0 aromatic heterocycles. The maximum absolute atomic E-state index is 11.1. The van der Waals surface area contributed by atoms with Crippen molar-refractivity contribution in [2.24, 2.45) is 0 Å². The number of hydrogen-bond donors (Lipinski definition) is 1. The van der Waals surface area contributed by atoms with Gasteiger partial charge in [-0.2, -0.15) is 0 Å². The summed E-state index contributed by atoms with van der Waals surface area (Å²) in [6.07, 6.45) is -0.405. The second-order valence-corrected chi connectivity index (χ2v) is 2.74. The van der Waals surface area contributed by atoms with Crippen LogP contribution in [0, 0.1) is 5.41 Å². The monoisotopic (exact) mass is 217 g/mol. The molecule has 0 spiro atoms. The number of ether oxygens (including phenoxy) is 3. The van der Waals surface area contributed by atoms with Crippen LogP contribution in [0.2, 0.25) is 0 Å². The van der Waals surface area contributed by atoms with E-state index in [2.05, 4.69) is 4.74 Å². The number of nitrogens with one attached hydrogen (secondary N) is 1. The fourth-order valence-electron chi connectivity index (χ4n) is 1.01. The van der Waals surface area contributed by atoms with Crippen LogP contribution in [0.1, 0.15) is 27.2 Å². The van der Waals surface area contributed by atoms with Crippen molar-refractivity contribution in [1.29, 1.82) is 5.41 Å². The molecule has 0 aliphatic rings. The van der Waals surface area contributed by atoms with Gasteiger partial charge in [0.15, 0.2) is 6.29 Å². The summed E-state index contributed by atoms with van der Waals surface area (Å²) >= 11 is 0. The third kappa shape index (κ3) is 6.19. The van der Waals surface area contributed by atoms with Crippen LogP contribution in [-0.2, 0) is 19.0 Å². The Labute approximate surface area is 90.2 Å². The van der Waals surface area contributed by atoms with Crippen LogP contribution in [0.4, 0.5) is 0 Å². The molecule has 5 nitrogen and oxygen atoms in total. The third-order valence-corrected chi connectivity index (χ3v) is 1.60. The van der Waals surface area contributed by atoms with Crippen molar-refractivity contribution < 1.29 is 19.0 Å². The first kappa shape index (κ1) is 14.1. The molecule has 1 N–H and O–H groups in total. The van der Waals surface area contributed by atoms with Crippen molar-refractivity contribution in [2.45, 2.75) is 33.5 Å². The van der Waals surface area contributed by atoms with E-state index in [1.165, 1.54) is 0 Å². The summed E-state index contributed by atoms with van der Waals surface area (Å²) in [6, 6.07) is 0. The highest BCUT2D eigenvalue weighted by Crippen LogP contribution is 2.03. The zero-order valence-corrected chi connectivity index (χ0v) is 9.54. The molecule has 0 radical (unpaired) electrons. The van der Waals surface area contributed by atoms with Crippen molar-refractivity contribution >= 4 is 11.7 Å². The number of hydrogen-bond acceptors (Lipinski definition) is 5. The minimum Gasteiger partial charge on any atom is -0.462 e. The molecule has 0 aliphatic carbocycles. The van der Waals surface area contributed by atoms with E-state index >= 15 is 0 Å². The number of esters is 1. The lowest BCUT2D eigenvalue weighted by Gasteiger charge is -2.16. The molecular formula is C10H19NO4. The van der Waals surface area contributed by atoms with Crippen molar-refractivity contribution in [3.63, 3.8) is 0 Å². The maximum atomic E-state index is 11.1. The van der Waals surface area contributed by atoms with E-state index in [0.29, 0.717) is 13.2 Å². The van der Waals surface area contributed by atoms with Crippen LogP contribution in [-0.4, -0.2) is 37.8 Å². The lowest BCUT2D eigenvalue weighted by atomic mass is 10.2. The van der Waals surface area contributed by atoms with Gasteiger partial charge in [0.25, 0.3) is 0 Å². The first-order valence-corrected chi connectivity index (χ1v) is 5.13. The summed E-state index contributed by atoms with van der Waals surface area (Å²) in [5, 5.41) is 7.45. The Balaban J connectivity index is 4.03. The topological polar surface area (TPSA) is 68.6 Å². The van der Waals surface area contributed by atoms with Crippen molar-refractivity contribution in [2.75, 3.05) is 19.8 Å². The zero-order chi connectivity index (χ0) is 11.7. The van der Waals surface area contributed by atoms with Crippen molar-refractivity contribution in [3.05, 3.63) is 0 Å². The highest BCUT2D eigenvalue weighted by atomic mass is 16.7. The molecule has 5 heteroatoms. The second kappa shape index (κ2) is 8.38. The summed E-state index contributed by atoms with van der Waals surface area (Å²) in [7, 11) is 0. The van der Waals surface area contributed by atoms with Crippen molar-refractivity contribution in [1.82, 2.24) is 0 Å². The van der Waals surface area contributed by atoms with Gasteiger partial charge in [-0.3, -0.25) is 5.41 Å². The number of carbonyl (C=O) groups excluding carboxylic acids is 1. The summed E-state index contributed by atoms with van der Waals surface area (Å²) in [5.41, 5.74) is -0.122. The van der Waals surface area contributed by atoms with Gasteiger partial charge in [0.1, 0.15) is 5.71 Å². The van der Waals surface area contributed by atoms with Crippen LogP contribution in [0.3, 0.4) is 0 Å². The van der Waals surface area contributed by atoms with E-state index in [1.807, 2.05) is 13.8 Å². The molecule has 15 heavy (non-hydrogen) atoms. The van der Waals surface area contributed by atoms with Gasteiger partial charge in [-0.25, -0.2) is 4.79 Å². The fraction of sp³-hybridized carbons (Fsp3) is 0.800. The quantitative estimate of drug-likeness (QED) is 0.378. The molecule has 0 aliphatic heterocycles. The zero-order valence-electron chi connectivity index (χ0n) is 9.54. The molecule has 0 amide bonds. The first-order valence-electron chi connectivity index (χ1n) is 5.13. The highest BCUT2D eigenvalue weighted by Gasteiger charge is 2.17. The minimum absolute atomic E-state index is 0.122. The molecule has 0 fully saturated rings. The Bertz CT molecular complexity index is 200. The molecule has 0 rings (SSSR count). The molecule has 0 saturated carbocycles. The van der Waals surface area contributed by atoms with E-state index in [-0.39, 0.29) is 18.7 Å². The molecule has 88 valence electrons. The summed E-state index contributed by atoms with van der Waals surface area (Å²) < 4.78 is 15.1. The van der Waals surface area contributed by atoms with E-state index in [1.54, 1.807) is 6.92 Å². The molecule has 0 heterocycles. The third-order valence-electron chi connectivity index (χ3n) is 1.60. The molecule has 0 saturated heterocycles. The van der Waals surface area contributed by atoms with Crippen LogP contribution in [0.5, 0.6) is 0 Å². The Morgan fingerprint density at radius 1 is 1.13 bits per heavy atom. The average molecular weight is 217 g/mol. The lowest BCUT2D eigenvalue weighted by molar-refractivity contribution is -0.140. The molecular weight excluding hydrogens is 198 g/mol. The van der Waals surface area contributed by atoms with Gasteiger partial charge in [-0.05, 0) is 20.8 Å². The van der Waals surface area contributed by atoms with Crippen LogP contribution in [0.15, 0.2) is 0 Å². The number of carbonyl (C=O) groups is 1. The Morgan fingerprint density at radius 3 is 2.07 bits per heavy atom. The lowest BCUT2D eigenvalue weighted by Crippen LogP contribution is -2.26. The summed E-state index contributed by atoms with van der Waals surface area (Å²) in [4.78, 5) is 11.1. The average Bonchev–Trinajstić information content (AvgIpc) is 2.18. The predicted octanol–water partition coefficient (Wildman–Crippen LogP) is 1.36. The van der Waals surface area contributed by atoms with Crippen LogP contribution >= 0.6 is 0 Å². The van der Waals surface area contributed by atoms with Gasteiger partial charge in [0.2, 0.25) is 0 Å². The first-order chi connectivity index (χ1) is 7.15. The molecule has 0 aromatic carbocycles. The molecule has 0 atom stereocenters. The fourth-order valence-corrected chi connectivity index (χ4v) is 1.01. The maximum Gasteiger partial charge on any atom is 0.352 e. The van der Waals surface area contributed by atoms with Gasteiger partial charge in [-0.1, -0.05) is 0 Å². The van der Waals surface area contributed by atoms with Gasteiger partial charge < -0.3 is 14.2 Å². The van der Waals surface area contributed by atoms with E-state index in [4.69, 9.17) is 14.9 Å². The van der Waals surface area contributed by atoms with E-state index in [9.17, 15) is 4.79 Å². The summed E-state index contributed by atoms with van der Waals surface area (Å²) in [6.45, 7) is 6.62. The predicted molar refractivity (Wildman–Crippen MR) is 56.0 cm³/mol. The Morgan fingerprint density at radius 2 is 1.67 bits per heavy atom. The van der Waals surface area contributed by atoms with Crippen LogP contribution in [0.25, 0.3) is 0 Å². The van der Waals surface area contributed by atoms with E-state index < -0.39 is 12.3 Å². The SMILES string of the molecule is CCOC(=O)C(=N)CC(OCC)OCC. The minimum atomic E-state index is -0.609. The van der Waals surface area contributed by atoms with Gasteiger partial charge >= 0.3 is 5.97 Å². The smallest absolute Gasteiger partial charge is 0.352 e. The summed E-state index contributed by atoms with van der Waals surface area (Å²) in [5.74, 6) is -0.609. The Hall–Kier alpha value is -0.940. The van der Waals surface area contributed by atoms with Gasteiger partial charge in [-0.15, -0.1) is 0 Å². The van der Waals surface area contributed by atoms with Gasteiger partial charge in [0, 0.05) is 19.6 Å². The van der Waals surface area contributed by atoms with Crippen LogP contribution < -0.4 is 0 Å². The normalized spacial score (nSPS) is 10.4. The molecule has 0 bridgehead atoms. The van der Waals surface area contributed by atoms with Gasteiger partial charge in [0.05, 0.1) is 6.61 Å². The highest BCUT2D eigenvalue weighted by molar-refractivity contribution is 6.35. The van der Waals surface area contributed by atoms with E-state index in [0.717, 1.165) is 0 Å². The largest absolute Gasteiger partial charge is 0.462 e. The van der Waals surface area contributed by atoms with Crippen molar-refractivity contribution in [3.8, 4) is 0 Å². The molecule has 0 aromatic rings. The standard InChI is InChI=1S/C10H19NO4/c1-4-13-9(14-5-2)7-8(11)10(12)15-6-3/h9,11H,4-7H2,1-3H3. The Kier molecular flexibility index (Phi) is 7.85. The second-order valence-electron chi connectivity index (χ2n) is 2.74. The number of rotatable bonds is 8. The molecule has 0 unspecified atom stereocenters.